The SMILES string of the molecule is CC1(C(=O)NC2CCCCCCC2)Cn2c(cc3sccc32)C(=O)N1Cc1ccccc1Cl. The molecule has 174 valence electrons. The quantitative estimate of drug-likeness (QED) is 0.494. The van der Waals surface area contributed by atoms with Crippen molar-refractivity contribution in [3.8, 4) is 0 Å². The van der Waals surface area contributed by atoms with Crippen molar-refractivity contribution in [2.75, 3.05) is 0 Å². The first kappa shape index (κ1) is 22.5. The fourth-order valence-corrected chi connectivity index (χ4v) is 6.28. The molecular weight excluding hydrogens is 454 g/mol. The Morgan fingerprint density at radius 3 is 2.64 bits per heavy atom. The normalized spacial score (nSPS) is 22.1. The molecule has 2 amide bonds. The first-order chi connectivity index (χ1) is 16.0. The van der Waals surface area contributed by atoms with Crippen LogP contribution in [0.4, 0.5) is 0 Å². The molecule has 2 aliphatic rings. The van der Waals surface area contributed by atoms with Gasteiger partial charge in [-0.1, -0.05) is 61.9 Å². The lowest BCUT2D eigenvalue weighted by Crippen LogP contribution is -2.64. The molecule has 1 aliphatic carbocycles. The van der Waals surface area contributed by atoms with E-state index in [2.05, 4.69) is 5.32 Å². The van der Waals surface area contributed by atoms with Gasteiger partial charge in [0.05, 0.1) is 16.8 Å². The number of nitrogens with zero attached hydrogens (tertiary/aromatic N) is 2. The summed E-state index contributed by atoms with van der Waals surface area (Å²) in [6.45, 7) is 2.63. The van der Waals surface area contributed by atoms with E-state index in [1.165, 1.54) is 19.3 Å². The van der Waals surface area contributed by atoms with Crippen LogP contribution < -0.4 is 5.32 Å². The number of hydrogen-bond acceptors (Lipinski definition) is 3. The Balaban J connectivity index is 1.50. The van der Waals surface area contributed by atoms with Crippen molar-refractivity contribution < 1.29 is 9.59 Å². The molecule has 1 atom stereocenters. The number of rotatable bonds is 4. The molecule has 1 aromatic carbocycles. The maximum atomic E-state index is 13.9. The summed E-state index contributed by atoms with van der Waals surface area (Å²) >= 11 is 8.08. The number of nitrogens with one attached hydrogen (secondary N) is 1. The van der Waals surface area contributed by atoms with Crippen LogP contribution in [0.25, 0.3) is 10.2 Å². The number of halogens is 1. The molecule has 1 fully saturated rings. The number of fused-ring (bicyclic) bond motifs is 3. The smallest absolute Gasteiger partial charge is 0.271 e. The number of amides is 2. The van der Waals surface area contributed by atoms with Crippen LogP contribution >= 0.6 is 22.9 Å². The lowest BCUT2D eigenvalue weighted by molar-refractivity contribution is -0.134. The molecule has 3 aromatic rings. The molecule has 1 N–H and O–H groups in total. The van der Waals surface area contributed by atoms with Crippen LogP contribution in [0.5, 0.6) is 0 Å². The minimum atomic E-state index is -1.01. The van der Waals surface area contributed by atoms with Gasteiger partial charge >= 0.3 is 0 Å². The van der Waals surface area contributed by atoms with Crippen LogP contribution in [0.2, 0.25) is 5.02 Å². The third kappa shape index (κ3) is 4.19. The number of carbonyl (C=O) groups is 2. The van der Waals surface area contributed by atoms with E-state index in [1.54, 1.807) is 16.2 Å². The van der Waals surface area contributed by atoms with Crippen molar-refractivity contribution in [3.05, 3.63) is 58.1 Å². The summed E-state index contributed by atoms with van der Waals surface area (Å²) in [5, 5.41) is 5.97. The second-order valence-electron chi connectivity index (χ2n) is 9.56. The number of benzene rings is 1. The number of aromatic nitrogens is 1. The van der Waals surface area contributed by atoms with Crippen molar-refractivity contribution in [3.63, 3.8) is 0 Å². The van der Waals surface area contributed by atoms with E-state index in [1.807, 2.05) is 53.3 Å². The van der Waals surface area contributed by atoms with Crippen molar-refractivity contribution in [2.45, 2.75) is 76.5 Å². The lowest BCUT2D eigenvalue weighted by Gasteiger charge is -2.45. The number of carbonyl (C=O) groups excluding carboxylic acids is 2. The largest absolute Gasteiger partial charge is 0.351 e. The Labute approximate surface area is 203 Å². The van der Waals surface area contributed by atoms with Crippen LogP contribution in [0.1, 0.15) is 67.9 Å². The summed E-state index contributed by atoms with van der Waals surface area (Å²) in [5.41, 5.74) is 1.49. The van der Waals surface area contributed by atoms with Crippen LogP contribution in [0.3, 0.4) is 0 Å². The standard InChI is InChI=1S/C26H30ClN3O2S/c1-26(25(32)28-19-10-5-3-2-4-6-11-19)17-29-21-13-14-33-23(21)15-22(29)24(31)30(26)16-18-9-7-8-12-20(18)27/h7-9,12-15,19H,2-6,10-11,16-17H2,1H3,(H,28,32). The zero-order chi connectivity index (χ0) is 23.0. The van der Waals surface area contributed by atoms with Gasteiger partial charge in [-0.05, 0) is 48.9 Å². The minimum absolute atomic E-state index is 0.0730. The monoisotopic (exact) mass is 483 g/mol. The third-order valence-corrected chi connectivity index (χ3v) is 8.49. The first-order valence-corrected chi connectivity index (χ1v) is 13.2. The number of thiophene rings is 1. The molecule has 5 nitrogen and oxygen atoms in total. The zero-order valence-electron chi connectivity index (χ0n) is 19.0. The molecule has 33 heavy (non-hydrogen) atoms. The second kappa shape index (κ2) is 9.15. The highest BCUT2D eigenvalue weighted by atomic mass is 35.5. The van der Waals surface area contributed by atoms with Crippen molar-refractivity contribution in [1.82, 2.24) is 14.8 Å². The topological polar surface area (TPSA) is 54.3 Å². The summed E-state index contributed by atoms with van der Waals surface area (Å²) in [6, 6.07) is 11.7. The minimum Gasteiger partial charge on any atom is -0.351 e. The van der Waals surface area contributed by atoms with E-state index in [0.29, 0.717) is 23.8 Å². The van der Waals surface area contributed by atoms with Crippen molar-refractivity contribution in [1.29, 1.82) is 0 Å². The average molecular weight is 484 g/mol. The molecule has 0 bridgehead atoms. The maximum absolute atomic E-state index is 13.9. The molecule has 0 spiro atoms. The predicted octanol–water partition coefficient (Wildman–Crippen LogP) is 6.00. The van der Waals surface area contributed by atoms with Crippen LogP contribution in [-0.4, -0.2) is 32.9 Å². The lowest BCUT2D eigenvalue weighted by atomic mass is 9.91. The molecule has 0 radical (unpaired) electrons. The van der Waals surface area contributed by atoms with Gasteiger partial charge in [-0.2, -0.15) is 0 Å². The van der Waals surface area contributed by atoms with Gasteiger partial charge < -0.3 is 14.8 Å². The van der Waals surface area contributed by atoms with Crippen LogP contribution in [-0.2, 0) is 17.9 Å². The van der Waals surface area contributed by atoms with E-state index in [9.17, 15) is 9.59 Å². The van der Waals surface area contributed by atoms with E-state index >= 15 is 0 Å². The van der Waals surface area contributed by atoms with E-state index in [0.717, 1.165) is 41.5 Å². The van der Waals surface area contributed by atoms with Gasteiger partial charge in [-0.3, -0.25) is 9.59 Å². The Morgan fingerprint density at radius 2 is 1.88 bits per heavy atom. The molecular formula is C26H30ClN3O2S. The summed E-state index contributed by atoms with van der Waals surface area (Å²) in [6.07, 6.45) is 8.02. The Kier molecular flexibility index (Phi) is 6.23. The summed E-state index contributed by atoms with van der Waals surface area (Å²) in [4.78, 5) is 29.4. The highest BCUT2D eigenvalue weighted by molar-refractivity contribution is 7.17. The van der Waals surface area contributed by atoms with Gasteiger partial charge in [-0.25, -0.2) is 0 Å². The molecule has 1 unspecified atom stereocenters. The fraction of sp³-hybridized carbons (Fsp3) is 0.462. The Hall–Kier alpha value is -2.31. The highest BCUT2D eigenvalue weighted by Crippen LogP contribution is 2.36. The second-order valence-corrected chi connectivity index (χ2v) is 10.9. The third-order valence-electron chi connectivity index (χ3n) is 7.26. The zero-order valence-corrected chi connectivity index (χ0v) is 20.6. The first-order valence-electron chi connectivity index (χ1n) is 11.9. The molecule has 7 heteroatoms. The van der Waals surface area contributed by atoms with Crippen molar-refractivity contribution >= 4 is 45.0 Å². The Morgan fingerprint density at radius 1 is 1.15 bits per heavy atom. The van der Waals surface area contributed by atoms with Gasteiger partial charge in [0.25, 0.3) is 5.91 Å². The average Bonchev–Trinajstić information content (AvgIpc) is 3.36. The summed E-state index contributed by atoms with van der Waals surface area (Å²) in [5.74, 6) is -0.198. The van der Waals surface area contributed by atoms with Gasteiger partial charge in [0.15, 0.2) is 0 Å². The molecule has 0 saturated heterocycles. The molecule has 1 aliphatic heterocycles. The predicted molar refractivity (Wildman–Crippen MR) is 134 cm³/mol. The molecule has 5 rings (SSSR count). The van der Waals surface area contributed by atoms with E-state index in [4.69, 9.17) is 11.6 Å². The Bertz CT molecular complexity index is 1180. The van der Waals surface area contributed by atoms with Gasteiger partial charge in [0.1, 0.15) is 11.2 Å². The van der Waals surface area contributed by atoms with Crippen LogP contribution in [0, 0.1) is 0 Å². The van der Waals surface area contributed by atoms with E-state index < -0.39 is 5.54 Å². The highest BCUT2D eigenvalue weighted by Gasteiger charge is 2.48. The fourth-order valence-electron chi connectivity index (χ4n) is 5.26. The van der Waals surface area contributed by atoms with Gasteiger partial charge in [0, 0.05) is 17.6 Å². The van der Waals surface area contributed by atoms with Crippen LogP contribution in [0.15, 0.2) is 41.8 Å². The summed E-state index contributed by atoms with van der Waals surface area (Å²) in [7, 11) is 0. The van der Waals surface area contributed by atoms with Crippen molar-refractivity contribution in [2.24, 2.45) is 0 Å². The van der Waals surface area contributed by atoms with E-state index in [-0.39, 0.29) is 17.9 Å². The summed E-state index contributed by atoms with van der Waals surface area (Å²) < 4.78 is 3.09. The molecule has 1 saturated carbocycles. The number of hydrogen-bond donors (Lipinski definition) is 1. The van der Waals surface area contributed by atoms with Gasteiger partial charge in [0.2, 0.25) is 5.91 Å². The molecule has 2 aromatic heterocycles. The van der Waals surface area contributed by atoms with Gasteiger partial charge in [-0.15, -0.1) is 11.3 Å². The maximum Gasteiger partial charge on any atom is 0.271 e. The molecule has 3 heterocycles.